The summed E-state index contributed by atoms with van der Waals surface area (Å²) in [6.45, 7) is 5.95. The fourth-order valence-electron chi connectivity index (χ4n) is 5.21. The zero-order valence-electron chi connectivity index (χ0n) is 30.9. The number of ether oxygens (including phenoxy) is 5. The van der Waals surface area contributed by atoms with Crippen molar-refractivity contribution in [1.82, 2.24) is 29.5 Å². The van der Waals surface area contributed by atoms with E-state index in [1.807, 2.05) is 13.8 Å². The summed E-state index contributed by atoms with van der Waals surface area (Å²) in [6.07, 6.45) is 5.65. The number of H-pyrrole nitrogens is 1. The summed E-state index contributed by atoms with van der Waals surface area (Å²) < 4.78 is 55.9. The molecule has 5 aromatic rings. The van der Waals surface area contributed by atoms with Gasteiger partial charge in [-0.25, -0.2) is 18.4 Å². The number of hydrogen-bond donors (Lipinski definition) is 3. The SMILES string of the molecule is CC.CCOC(=O)N1Cc2ccc(F)c(c2)OC/C=C/COc2nc(N)c([N+](=O)[O-])c1n2.Nc1nc2nc3c1[nH]c(=O)n3Cc1ccc(F)c(c1)OC/C=C/CO2. The van der Waals surface area contributed by atoms with Crippen LogP contribution in [0.1, 0.15) is 31.9 Å². The van der Waals surface area contributed by atoms with Crippen LogP contribution in [0.4, 0.5) is 36.7 Å². The van der Waals surface area contributed by atoms with Crippen LogP contribution in [0.2, 0.25) is 0 Å². The highest BCUT2D eigenvalue weighted by Gasteiger charge is 2.32. The van der Waals surface area contributed by atoms with Crippen molar-refractivity contribution in [3.8, 4) is 23.5 Å². The van der Waals surface area contributed by atoms with Gasteiger partial charge in [-0.1, -0.05) is 26.0 Å². The van der Waals surface area contributed by atoms with Crippen LogP contribution in [0.15, 0.2) is 65.5 Å². The van der Waals surface area contributed by atoms with Crippen LogP contribution in [0.3, 0.4) is 0 Å². The number of fused-ring (bicyclic) bond motifs is 7. The van der Waals surface area contributed by atoms with Crippen LogP contribution in [-0.2, 0) is 17.8 Å². The summed E-state index contributed by atoms with van der Waals surface area (Å²) in [7, 11) is 0. The molecule has 0 atom stereocenters. The fourth-order valence-corrected chi connectivity index (χ4v) is 5.21. The number of aromatic nitrogens is 6. The molecule has 3 aromatic heterocycles. The molecule has 2 aliphatic rings. The summed E-state index contributed by atoms with van der Waals surface area (Å²) in [5.41, 5.74) is 12.3. The highest BCUT2D eigenvalue weighted by Crippen LogP contribution is 2.34. The van der Waals surface area contributed by atoms with E-state index in [1.165, 1.54) is 28.8 Å². The Morgan fingerprint density at radius 3 is 1.93 bits per heavy atom. The number of rotatable bonds is 2. The highest BCUT2D eigenvalue weighted by molar-refractivity contribution is 5.90. The Hall–Kier alpha value is -7.32. The van der Waals surface area contributed by atoms with E-state index in [-0.39, 0.29) is 75.5 Å². The number of carbonyl (C=O) groups excluding carboxylic acids is 1. The van der Waals surface area contributed by atoms with Crippen molar-refractivity contribution in [2.45, 2.75) is 33.9 Å². The maximum Gasteiger partial charge on any atom is 0.415 e. The smallest absolute Gasteiger partial charge is 0.415 e. The monoisotopic (exact) mass is 792 g/mol. The molecule has 57 heavy (non-hydrogen) atoms. The lowest BCUT2D eigenvalue weighted by atomic mass is 10.2. The first kappa shape index (κ1) is 40.9. The van der Waals surface area contributed by atoms with Gasteiger partial charge in [0.05, 0.1) is 24.6 Å². The van der Waals surface area contributed by atoms with Gasteiger partial charge in [0.15, 0.2) is 34.6 Å². The average Bonchev–Trinajstić information content (AvgIpc) is 3.50. The zero-order chi connectivity index (χ0) is 41.1. The lowest BCUT2D eigenvalue weighted by Crippen LogP contribution is -2.33. The number of nitro groups is 1. The Balaban J connectivity index is 0.000000211. The van der Waals surface area contributed by atoms with Crippen molar-refractivity contribution in [3.05, 3.63) is 104 Å². The predicted octanol–water partition coefficient (Wildman–Crippen LogP) is 4.84. The molecule has 19 nitrogen and oxygen atoms in total. The molecule has 2 aliphatic heterocycles. The first-order valence-electron chi connectivity index (χ1n) is 17.4. The van der Waals surface area contributed by atoms with Gasteiger partial charge in [0, 0.05) is 0 Å². The third-order valence-corrected chi connectivity index (χ3v) is 7.72. The number of imidazole rings is 1. The molecule has 7 rings (SSSR count). The van der Waals surface area contributed by atoms with Gasteiger partial charge in [0.25, 0.3) is 0 Å². The molecule has 0 aliphatic carbocycles. The van der Waals surface area contributed by atoms with Crippen molar-refractivity contribution >= 4 is 40.4 Å². The summed E-state index contributed by atoms with van der Waals surface area (Å²) in [6, 6.07) is 8.21. The minimum Gasteiger partial charge on any atom is -0.486 e. The average molecular weight is 793 g/mol. The van der Waals surface area contributed by atoms with E-state index in [4.69, 9.17) is 35.2 Å². The van der Waals surface area contributed by atoms with Crippen molar-refractivity contribution in [1.29, 1.82) is 0 Å². The minimum atomic E-state index is -0.913. The Morgan fingerprint density at radius 1 is 0.842 bits per heavy atom. The molecule has 21 heteroatoms. The fraction of sp³-hybridized carbons (Fsp3) is 0.278. The number of aromatic amines is 1. The van der Waals surface area contributed by atoms with Crippen molar-refractivity contribution in [3.63, 3.8) is 0 Å². The Morgan fingerprint density at radius 2 is 1.37 bits per heavy atom. The number of halogens is 2. The highest BCUT2D eigenvalue weighted by atomic mass is 19.1. The van der Waals surface area contributed by atoms with Gasteiger partial charge in [-0.05, 0) is 66.6 Å². The number of nitrogen functional groups attached to an aromatic ring is 2. The third kappa shape index (κ3) is 9.87. The topological polar surface area (TPSA) is 251 Å². The van der Waals surface area contributed by atoms with Crippen molar-refractivity contribution in [2.24, 2.45) is 0 Å². The molecule has 0 unspecified atom stereocenters. The molecule has 0 saturated carbocycles. The Labute approximate surface area is 322 Å². The lowest BCUT2D eigenvalue weighted by Gasteiger charge is -2.22. The van der Waals surface area contributed by atoms with Gasteiger partial charge in [-0.3, -0.25) is 19.6 Å². The predicted molar refractivity (Wildman–Crippen MR) is 202 cm³/mol. The zero-order valence-corrected chi connectivity index (χ0v) is 30.9. The maximum atomic E-state index is 14.0. The van der Waals surface area contributed by atoms with E-state index in [9.17, 15) is 28.5 Å². The number of nitrogens with zero attached hydrogens (tertiary/aromatic N) is 7. The molecule has 2 aromatic carbocycles. The number of nitrogens with two attached hydrogens (primary N) is 2. The second-order valence-electron chi connectivity index (χ2n) is 11.4. The van der Waals surface area contributed by atoms with Crippen LogP contribution in [0, 0.1) is 21.7 Å². The van der Waals surface area contributed by atoms with Gasteiger partial charge in [0.2, 0.25) is 11.6 Å². The molecule has 0 saturated heterocycles. The second kappa shape index (κ2) is 18.8. The number of benzene rings is 2. The number of amides is 1. The van der Waals surface area contributed by atoms with Crippen molar-refractivity contribution in [2.75, 3.05) is 49.4 Å². The number of nitrogens with one attached hydrogen (secondary N) is 1. The van der Waals surface area contributed by atoms with Crippen LogP contribution in [-0.4, -0.2) is 73.5 Å². The van der Waals surface area contributed by atoms with E-state index in [0.717, 1.165) is 4.90 Å². The molecule has 5 heterocycles. The largest absolute Gasteiger partial charge is 0.486 e. The number of hydrogen-bond acceptors (Lipinski definition) is 15. The number of carbonyl (C=O) groups is 1. The molecule has 0 fully saturated rings. The third-order valence-electron chi connectivity index (χ3n) is 7.72. The van der Waals surface area contributed by atoms with E-state index in [1.54, 1.807) is 43.4 Å². The molecular formula is C36H38F2N10O9. The van der Waals surface area contributed by atoms with Crippen LogP contribution in [0.5, 0.6) is 23.5 Å². The quantitative estimate of drug-likeness (QED) is 0.123. The number of anilines is 3. The van der Waals surface area contributed by atoms with E-state index in [2.05, 4.69) is 24.9 Å². The molecular weight excluding hydrogens is 754 g/mol. The van der Waals surface area contributed by atoms with Crippen LogP contribution < -0.4 is 41.0 Å². The van der Waals surface area contributed by atoms with E-state index < -0.39 is 45.7 Å². The summed E-state index contributed by atoms with van der Waals surface area (Å²) in [4.78, 5) is 55.3. The molecule has 0 radical (unpaired) electrons. The molecule has 0 spiro atoms. The molecule has 1 amide bonds. The minimum absolute atomic E-state index is 0.00955. The van der Waals surface area contributed by atoms with E-state index in [0.29, 0.717) is 22.3 Å². The Kier molecular flexibility index (Phi) is 13.5. The van der Waals surface area contributed by atoms with Gasteiger partial charge >= 0.3 is 29.5 Å². The second-order valence-corrected chi connectivity index (χ2v) is 11.4. The molecule has 5 N–H and O–H groups in total. The van der Waals surface area contributed by atoms with Gasteiger partial charge in [-0.15, -0.1) is 0 Å². The van der Waals surface area contributed by atoms with E-state index >= 15 is 0 Å². The first-order chi connectivity index (χ1) is 27.5. The van der Waals surface area contributed by atoms with Crippen LogP contribution >= 0.6 is 0 Å². The van der Waals surface area contributed by atoms with Gasteiger partial charge in [-0.2, -0.15) is 19.9 Å². The molecule has 8 bridgehead atoms. The van der Waals surface area contributed by atoms with Crippen LogP contribution in [0.25, 0.3) is 11.2 Å². The summed E-state index contributed by atoms with van der Waals surface area (Å²) in [5, 5.41) is 11.6. The standard InChI is InChI=1S/C18H18FN5O6.C16H14FN5O3.C2H6/c1-2-28-18(25)23-10-11-5-6-12(19)13(9-11)29-7-3-4-8-30-17-21-15(20)14(24(26)27)16(23)22-17;17-10-4-3-9-7-11(10)24-5-1-2-6-25-15-20-13(18)12-14(21-15)22(8-9)16(23)19-12;1-2/h3-6,9H,2,7-8,10H2,1H3,(H2,20,21,22);1-4,7H,5-6,8H2,(H,19,23)(H2,18,20,21);1-2H3/b4-3+;2-1+;. The first-order valence-corrected chi connectivity index (χ1v) is 17.4. The maximum absolute atomic E-state index is 14.0. The Bertz CT molecular complexity index is 2370. The molecule has 300 valence electrons. The normalized spacial score (nSPS) is 14.6. The summed E-state index contributed by atoms with van der Waals surface area (Å²) >= 11 is 0. The van der Waals surface area contributed by atoms with Gasteiger partial charge in [0.1, 0.15) is 31.9 Å². The lowest BCUT2D eigenvalue weighted by molar-refractivity contribution is -0.383. The van der Waals surface area contributed by atoms with Crippen molar-refractivity contribution < 1.29 is 42.2 Å². The summed E-state index contributed by atoms with van der Waals surface area (Å²) in [5.74, 6) is -1.77. The van der Waals surface area contributed by atoms with Gasteiger partial charge < -0.3 is 40.1 Å².